The van der Waals surface area contributed by atoms with Crippen LogP contribution >= 0.6 is 0 Å². The molecule has 0 aromatic heterocycles. The van der Waals surface area contributed by atoms with Crippen molar-refractivity contribution >= 4 is 17.6 Å². The number of hydrogen-bond donors (Lipinski definition) is 0. The highest BCUT2D eigenvalue weighted by Gasteiger charge is 2.23. The largest absolute Gasteiger partial charge is 0.493 e. The lowest BCUT2D eigenvalue weighted by Gasteiger charge is -2.36. The highest BCUT2D eigenvalue weighted by atomic mass is 19.3. The fourth-order valence-electron chi connectivity index (χ4n) is 3.16. The molecule has 1 amide bonds. The van der Waals surface area contributed by atoms with Crippen LogP contribution in [0.1, 0.15) is 10.4 Å². The van der Waals surface area contributed by atoms with Gasteiger partial charge in [-0.1, -0.05) is 0 Å². The monoisotopic (exact) mass is 438 g/mol. The second kappa shape index (κ2) is 10.1. The number of piperazine rings is 1. The van der Waals surface area contributed by atoms with Gasteiger partial charge in [0.25, 0.3) is 5.91 Å². The molecular formula is C21H21F3N2O5. The van der Waals surface area contributed by atoms with Gasteiger partial charge in [0.05, 0.1) is 12.7 Å². The van der Waals surface area contributed by atoms with Gasteiger partial charge in [-0.2, -0.15) is 8.78 Å². The fourth-order valence-corrected chi connectivity index (χ4v) is 3.16. The molecule has 0 radical (unpaired) electrons. The second-order valence-electron chi connectivity index (χ2n) is 6.66. The molecule has 0 unspecified atom stereocenters. The number of alkyl halides is 2. The number of rotatable bonds is 7. The van der Waals surface area contributed by atoms with Gasteiger partial charge >= 0.3 is 12.6 Å². The van der Waals surface area contributed by atoms with Crippen molar-refractivity contribution in [3.8, 4) is 11.5 Å². The predicted molar refractivity (Wildman–Crippen MR) is 105 cm³/mol. The topological polar surface area (TPSA) is 68.3 Å². The van der Waals surface area contributed by atoms with Gasteiger partial charge in [0.2, 0.25) is 0 Å². The zero-order chi connectivity index (χ0) is 22.4. The van der Waals surface area contributed by atoms with Crippen LogP contribution in [0.5, 0.6) is 11.5 Å². The van der Waals surface area contributed by atoms with E-state index in [1.807, 2.05) is 4.90 Å². The summed E-state index contributed by atoms with van der Waals surface area (Å²) in [6, 6.07) is 9.74. The van der Waals surface area contributed by atoms with Gasteiger partial charge in [-0.3, -0.25) is 4.79 Å². The minimum atomic E-state index is -3.03. The van der Waals surface area contributed by atoms with Gasteiger partial charge in [0.15, 0.2) is 18.1 Å². The summed E-state index contributed by atoms with van der Waals surface area (Å²) in [7, 11) is 1.25. The van der Waals surface area contributed by atoms with E-state index in [0.29, 0.717) is 26.2 Å². The number of ether oxygens (including phenoxy) is 3. The van der Waals surface area contributed by atoms with Crippen molar-refractivity contribution in [1.29, 1.82) is 0 Å². The maximum absolute atomic E-state index is 13.1. The summed E-state index contributed by atoms with van der Waals surface area (Å²) < 4.78 is 52.1. The average molecular weight is 438 g/mol. The Morgan fingerprint density at radius 1 is 1.00 bits per heavy atom. The number of halogens is 3. The van der Waals surface area contributed by atoms with E-state index in [4.69, 9.17) is 9.47 Å². The standard InChI is InChI=1S/C21H21F3N2O5/c1-29-18-12-14(2-7-17(18)31-21(23)24)20(28)30-13-19(27)26-10-8-25(9-11-26)16-5-3-15(22)4-6-16/h2-7,12,21H,8-11,13H2,1H3. The van der Waals surface area contributed by atoms with Crippen LogP contribution in [0.2, 0.25) is 0 Å². The quantitative estimate of drug-likeness (QED) is 0.620. The molecule has 31 heavy (non-hydrogen) atoms. The van der Waals surface area contributed by atoms with E-state index in [2.05, 4.69) is 4.74 Å². The summed E-state index contributed by atoms with van der Waals surface area (Å²) in [6.45, 7) is -1.50. The van der Waals surface area contributed by atoms with Gasteiger partial charge in [-0.05, 0) is 42.5 Å². The molecule has 1 fully saturated rings. The zero-order valence-electron chi connectivity index (χ0n) is 16.7. The molecule has 0 aliphatic carbocycles. The molecule has 2 aromatic carbocycles. The van der Waals surface area contributed by atoms with Crippen molar-refractivity contribution in [3.63, 3.8) is 0 Å². The van der Waals surface area contributed by atoms with Crippen molar-refractivity contribution in [1.82, 2.24) is 4.90 Å². The second-order valence-corrected chi connectivity index (χ2v) is 6.66. The first kappa shape index (κ1) is 22.3. The van der Waals surface area contributed by atoms with E-state index in [1.54, 1.807) is 17.0 Å². The van der Waals surface area contributed by atoms with Crippen molar-refractivity contribution in [2.75, 3.05) is 44.8 Å². The van der Waals surface area contributed by atoms with E-state index in [9.17, 15) is 22.8 Å². The Morgan fingerprint density at radius 3 is 2.29 bits per heavy atom. The van der Waals surface area contributed by atoms with Crippen LogP contribution in [0.25, 0.3) is 0 Å². The third-order valence-corrected chi connectivity index (χ3v) is 4.77. The van der Waals surface area contributed by atoms with E-state index in [1.165, 1.54) is 31.4 Å². The van der Waals surface area contributed by atoms with Crippen molar-refractivity contribution in [2.24, 2.45) is 0 Å². The molecule has 166 valence electrons. The number of benzene rings is 2. The Morgan fingerprint density at radius 2 is 1.68 bits per heavy atom. The Hall–Kier alpha value is -3.43. The number of anilines is 1. The number of hydrogen-bond acceptors (Lipinski definition) is 6. The lowest BCUT2D eigenvalue weighted by atomic mass is 10.2. The Kier molecular flexibility index (Phi) is 7.22. The summed E-state index contributed by atoms with van der Waals surface area (Å²) in [5.74, 6) is -1.73. The molecule has 10 heteroatoms. The zero-order valence-corrected chi connectivity index (χ0v) is 16.7. The molecule has 1 aliphatic rings. The SMILES string of the molecule is COc1cc(C(=O)OCC(=O)N2CCN(c3ccc(F)cc3)CC2)ccc1OC(F)F. The van der Waals surface area contributed by atoms with Crippen LogP contribution in [0.4, 0.5) is 18.9 Å². The van der Waals surface area contributed by atoms with E-state index < -0.39 is 19.2 Å². The minimum absolute atomic E-state index is 0.0346. The van der Waals surface area contributed by atoms with Gasteiger partial charge in [-0.25, -0.2) is 9.18 Å². The van der Waals surface area contributed by atoms with Gasteiger partial charge in [-0.15, -0.1) is 0 Å². The first-order valence-corrected chi connectivity index (χ1v) is 9.45. The van der Waals surface area contributed by atoms with Crippen LogP contribution in [-0.2, 0) is 9.53 Å². The lowest BCUT2D eigenvalue weighted by Crippen LogP contribution is -2.49. The van der Waals surface area contributed by atoms with Crippen LogP contribution in [0, 0.1) is 5.82 Å². The number of nitrogens with zero attached hydrogens (tertiary/aromatic N) is 2. The maximum atomic E-state index is 13.1. The van der Waals surface area contributed by atoms with Crippen LogP contribution < -0.4 is 14.4 Å². The van der Waals surface area contributed by atoms with E-state index >= 15 is 0 Å². The Bertz CT molecular complexity index is 916. The van der Waals surface area contributed by atoms with E-state index in [0.717, 1.165) is 11.8 Å². The predicted octanol–water partition coefficient (Wildman–Crippen LogP) is 2.94. The van der Waals surface area contributed by atoms with Crippen molar-refractivity contribution < 1.29 is 37.0 Å². The Balaban J connectivity index is 1.50. The molecular weight excluding hydrogens is 417 g/mol. The molecule has 2 aromatic rings. The molecule has 1 heterocycles. The molecule has 0 bridgehead atoms. The number of carbonyl (C=O) groups is 2. The van der Waals surface area contributed by atoms with E-state index in [-0.39, 0.29) is 28.8 Å². The third kappa shape index (κ3) is 5.80. The molecule has 0 spiro atoms. The summed E-state index contributed by atoms with van der Waals surface area (Å²) in [5.41, 5.74) is 0.903. The lowest BCUT2D eigenvalue weighted by molar-refractivity contribution is -0.134. The summed E-state index contributed by atoms with van der Waals surface area (Å²) in [5, 5.41) is 0. The number of carbonyl (C=O) groups excluding carboxylic acids is 2. The molecule has 1 saturated heterocycles. The minimum Gasteiger partial charge on any atom is -0.493 e. The van der Waals surface area contributed by atoms with Crippen molar-refractivity contribution in [2.45, 2.75) is 6.61 Å². The molecule has 1 aliphatic heterocycles. The molecule has 7 nitrogen and oxygen atoms in total. The Labute approximate surface area is 176 Å². The highest BCUT2D eigenvalue weighted by molar-refractivity contribution is 5.92. The van der Waals surface area contributed by atoms with Gasteiger partial charge in [0.1, 0.15) is 5.82 Å². The number of esters is 1. The maximum Gasteiger partial charge on any atom is 0.387 e. The fraction of sp³-hybridized carbons (Fsp3) is 0.333. The van der Waals surface area contributed by atoms with Crippen molar-refractivity contribution in [3.05, 3.63) is 53.8 Å². The highest BCUT2D eigenvalue weighted by Crippen LogP contribution is 2.29. The summed E-state index contributed by atoms with van der Waals surface area (Å²) >= 11 is 0. The first-order valence-electron chi connectivity index (χ1n) is 9.45. The first-order chi connectivity index (χ1) is 14.9. The molecule has 0 N–H and O–H groups in total. The smallest absolute Gasteiger partial charge is 0.387 e. The van der Waals surface area contributed by atoms with Crippen LogP contribution in [0.3, 0.4) is 0 Å². The summed E-state index contributed by atoms with van der Waals surface area (Å²) in [6.07, 6.45) is 0. The number of amides is 1. The van der Waals surface area contributed by atoms with Crippen LogP contribution in [-0.4, -0.2) is 63.3 Å². The summed E-state index contributed by atoms with van der Waals surface area (Å²) in [4.78, 5) is 28.2. The third-order valence-electron chi connectivity index (χ3n) is 4.77. The van der Waals surface area contributed by atoms with Crippen LogP contribution in [0.15, 0.2) is 42.5 Å². The normalized spacial score (nSPS) is 13.8. The molecule has 3 rings (SSSR count). The number of methoxy groups -OCH3 is 1. The molecule has 0 atom stereocenters. The molecule has 0 saturated carbocycles. The average Bonchev–Trinajstić information content (AvgIpc) is 2.77. The van der Waals surface area contributed by atoms with Gasteiger partial charge in [0, 0.05) is 31.9 Å². The van der Waals surface area contributed by atoms with Gasteiger partial charge < -0.3 is 24.0 Å².